The second-order valence-electron chi connectivity index (χ2n) is 6.97. The van der Waals surface area contributed by atoms with E-state index >= 15 is 0 Å². The van der Waals surface area contributed by atoms with Gasteiger partial charge in [-0.15, -0.1) is 0 Å². The number of unbranched alkanes of at least 4 members (excludes halogenated alkanes) is 5. The van der Waals surface area contributed by atoms with Gasteiger partial charge in [0.1, 0.15) is 11.5 Å². The zero-order valence-electron chi connectivity index (χ0n) is 17.2. The molecule has 4 heteroatoms. The number of carbonyl (C=O) groups is 1. The van der Waals surface area contributed by atoms with Crippen LogP contribution in [0, 0.1) is 0 Å². The number of carbonyl (C=O) groups excluding carboxylic acids is 1. The first-order chi connectivity index (χ1) is 13.7. The zero-order valence-corrected chi connectivity index (χ0v) is 17.2. The maximum Gasteiger partial charge on any atom is 0.255 e. The van der Waals surface area contributed by atoms with Crippen molar-refractivity contribution in [3.05, 3.63) is 54.1 Å². The number of benzene rings is 2. The highest BCUT2D eigenvalue weighted by Gasteiger charge is 2.07. The molecule has 152 valence electrons. The predicted molar refractivity (Wildman–Crippen MR) is 115 cm³/mol. The van der Waals surface area contributed by atoms with E-state index in [0.717, 1.165) is 30.0 Å². The Morgan fingerprint density at radius 3 is 2.14 bits per heavy atom. The monoisotopic (exact) mass is 383 g/mol. The molecular formula is C24H33NO3. The first-order valence-corrected chi connectivity index (χ1v) is 10.5. The van der Waals surface area contributed by atoms with Gasteiger partial charge < -0.3 is 14.8 Å². The third-order valence-corrected chi connectivity index (χ3v) is 4.49. The molecule has 0 saturated carbocycles. The van der Waals surface area contributed by atoms with Crippen LogP contribution in [0.15, 0.2) is 48.5 Å². The number of nitrogens with one attached hydrogen (secondary N) is 1. The molecule has 0 unspecified atom stereocenters. The fourth-order valence-electron chi connectivity index (χ4n) is 2.83. The summed E-state index contributed by atoms with van der Waals surface area (Å²) in [6.45, 7) is 5.78. The van der Waals surface area contributed by atoms with Crippen molar-refractivity contribution in [2.24, 2.45) is 0 Å². The summed E-state index contributed by atoms with van der Waals surface area (Å²) >= 11 is 0. The minimum atomic E-state index is -0.141. The summed E-state index contributed by atoms with van der Waals surface area (Å²) in [7, 11) is 0. The molecule has 0 aliphatic carbocycles. The van der Waals surface area contributed by atoms with E-state index in [4.69, 9.17) is 9.47 Å². The van der Waals surface area contributed by atoms with Gasteiger partial charge in [0.25, 0.3) is 5.91 Å². The van der Waals surface area contributed by atoms with Crippen molar-refractivity contribution in [1.82, 2.24) is 0 Å². The Labute approximate surface area is 169 Å². The number of hydrogen-bond donors (Lipinski definition) is 1. The van der Waals surface area contributed by atoms with Crippen LogP contribution in [-0.2, 0) is 0 Å². The van der Waals surface area contributed by atoms with Crippen LogP contribution < -0.4 is 14.8 Å². The molecule has 1 amide bonds. The number of rotatable bonds is 13. The molecule has 0 atom stereocenters. The van der Waals surface area contributed by atoms with Gasteiger partial charge in [-0.2, -0.15) is 0 Å². The molecule has 28 heavy (non-hydrogen) atoms. The van der Waals surface area contributed by atoms with Crippen molar-refractivity contribution in [2.75, 3.05) is 18.5 Å². The molecule has 0 aromatic heterocycles. The van der Waals surface area contributed by atoms with E-state index in [1.807, 2.05) is 36.4 Å². The van der Waals surface area contributed by atoms with Crippen LogP contribution in [0.3, 0.4) is 0 Å². The van der Waals surface area contributed by atoms with Crippen LogP contribution in [0.4, 0.5) is 5.69 Å². The van der Waals surface area contributed by atoms with Crippen molar-refractivity contribution in [3.63, 3.8) is 0 Å². The summed E-state index contributed by atoms with van der Waals surface area (Å²) in [6, 6.07) is 14.8. The Bertz CT molecular complexity index is 697. The lowest BCUT2D eigenvalue weighted by molar-refractivity contribution is 0.102. The summed E-state index contributed by atoms with van der Waals surface area (Å²) in [6.07, 6.45) is 8.09. The van der Waals surface area contributed by atoms with Crippen LogP contribution >= 0.6 is 0 Å². The molecule has 0 fully saturated rings. The summed E-state index contributed by atoms with van der Waals surface area (Å²) in [5.74, 6) is 1.44. The van der Waals surface area contributed by atoms with Crippen LogP contribution in [-0.4, -0.2) is 19.1 Å². The normalized spacial score (nSPS) is 10.5. The molecular weight excluding hydrogens is 350 g/mol. The molecule has 0 bridgehead atoms. The largest absolute Gasteiger partial charge is 0.494 e. The first-order valence-electron chi connectivity index (χ1n) is 10.5. The third kappa shape index (κ3) is 8.03. The smallest absolute Gasteiger partial charge is 0.255 e. The summed E-state index contributed by atoms with van der Waals surface area (Å²) < 4.78 is 11.5. The second kappa shape index (κ2) is 12.8. The molecule has 1 N–H and O–H groups in total. The van der Waals surface area contributed by atoms with Gasteiger partial charge in [-0.1, -0.05) is 52.0 Å². The molecule has 0 heterocycles. The van der Waals surface area contributed by atoms with E-state index in [1.54, 1.807) is 12.1 Å². The number of ether oxygens (including phenoxy) is 2. The summed E-state index contributed by atoms with van der Waals surface area (Å²) in [5, 5.41) is 2.93. The highest BCUT2D eigenvalue weighted by molar-refractivity contribution is 6.04. The summed E-state index contributed by atoms with van der Waals surface area (Å²) in [5.41, 5.74) is 1.34. The van der Waals surface area contributed by atoms with Crippen molar-refractivity contribution >= 4 is 11.6 Å². The Kier molecular flexibility index (Phi) is 9.98. The molecule has 0 aliphatic heterocycles. The molecule has 2 rings (SSSR count). The summed E-state index contributed by atoms with van der Waals surface area (Å²) in [4.78, 5) is 12.5. The van der Waals surface area contributed by atoms with Crippen molar-refractivity contribution in [1.29, 1.82) is 0 Å². The van der Waals surface area contributed by atoms with Crippen molar-refractivity contribution in [2.45, 2.75) is 58.8 Å². The molecule has 4 nitrogen and oxygen atoms in total. The van der Waals surface area contributed by atoms with Gasteiger partial charge in [0.15, 0.2) is 0 Å². The molecule has 0 saturated heterocycles. The Morgan fingerprint density at radius 1 is 0.786 bits per heavy atom. The minimum Gasteiger partial charge on any atom is -0.494 e. The number of amides is 1. The van der Waals surface area contributed by atoms with E-state index in [1.165, 1.54) is 32.1 Å². The lowest BCUT2D eigenvalue weighted by Gasteiger charge is -2.10. The minimum absolute atomic E-state index is 0.141. The maximum atomic E-state index is 12.5. The lowest BCUT2D eigenvalue weighted by atomic mass is 10.2. The van der Waals surface area contributed by atoms with E-state index < -0.39 is 0 Å². The average molecular weight is 384 g/mol. The van der Waals surface area contributed by atoms with Gasteiger partial charge in [0, 0.05) is 17.3 Å². The van der Waals surface area contributed by atoms with Crippen LogP contribution in [0.25, 0.3) is 0 Å². The van der Waals surface area contributed by atoms with Gasteiger partial charge in [-0.3, -0.25) is 4.79 Å². The second-order valence-corrected chi connectivity index (χ2v) is 6.97. The van der Waals surface area contributed by atoms with Gasteiger partial charge in [0.2, 0.25) is 0 Å². The Hall–Kier alpha value is -2.49. The highest BCUT2D eigenvalue weighted by Crippen LogP contribution is 2.19. The van der Waals surface area contributed by atoms with E-state index in [-0.39, 0.29) is 5.91 Å². The van der Waals surface area contributed by atoms with Crippen LogP contribution in [0.1, 0.15) is 69.2 Å². The Balaban J connectivity index is 1.82. The molecule has 0 spiro atoms. The molecule has 2 aromatic carbocycles. The van der Waals surface area contributed by atoms with E-state index in [2.05, 4.69) is 19.2 Å². The van der Waals surface area contributed by atoms with Gasteiger partial charge >= 0.3 is 0 Å². The van der Waals surface area contributed by atoms with Gasteiger partial charge in [0.05, 0.1) is 13.2 Å². The zero-order chi connectivity index (χ0) is 20.0. The number of anilines is 1. The van der Waals surface area contributed by atoms with E-state index in [9.17, 15) is 4.79 Å². The van der Waals surface area contributed by atoms with Crippen LogP contribution in [0.2, 0.25) is 0 Å². The fourth-order valence-corrected chi connectivity index (χ4v) is 2.83. The third-order valence-electron chi connectivity index (χ3n) is 4.49. The lowest BCUT2D eigenvalue weighted by Crippen LogP contribution is -2.12. The fraction of sp³-hybridized carbons (Fsp3) is 0.458. The topological polar surface area (TPSA) is 47.6 Å². The Morgan fingerprint density at radius 2 is 1.43 bits per heavy atom. The quantitative estimate of drug-likeness (QED) is 0.403. The highest BCUT2D eigenvalue weighted by atomic mass is 16.5. The molecule has 0 aliphatic rings. The average Bonchev–Trinajstić information content (AvgIpc) is 2.72. The van der Waals surface area contributed by atoms with E-state index in [0.29, 0.717) is 18.8 Å². The predicted octanol–water partition coefficient (Wildman–Crippen LogP) is 6.47. The van der Waals surface area contributed by atoms with Crippen LogP contribution in [0.5, 0.6) is 11.5 Å². The van der Waals surface area contributed by atoms with Crippen molar-refractivity contribution in [3.8, 4) is 11.5 Å². The first kappa shape index (κ1) is 21.8. The molecule has 2 aromatic rings. The maximum absolute atomic E-state index is 12.5. The van der Waals surface area contributed by atoms with Gasteiger partial charge in [-0.25, -0.2) is 0 Å². The molecule has 0 radical (unpaired) electrons. The SMILES string of the molecule is CCCCCCOc1cccc(NC(=O)c2ccc(OCCCCC)cc2)c1. The van der Waals surface area contributed by atoms with Crippen molar-refractivity contribution < 1.29 is 14.3 Å². The standard InChI is InChI=1S/C24H33NO3/c1-3-5-7-9-18-28-23-12-10-11-21(19-23)25-24(26)20-13-15-22(16-14-20)27-17-8-6-4-2/h10-16,19H,3-9,17-18H2,1-2H3,(H,25,26). The number of hydrogen-bond acceptors (Lipinski definition) is 3. The van der Waals surface area contributed by atoms with Gasteiger partial charge in [-0.05, 0) is 49.2 Å².